The van der Waals surface area contributed by atoms with E-state index in [1.165, 1.54) is 25.8 Å². The number of rotatable bonds is 2. The monoisotopic (exact) mass is 290 g/mol. The Labute approximate surface area is 126 Å². The van der Waals surface area contributed by atoms with Gasteiger partial charge in [0.1, 0.15) is 0 Å². The summed E-state index contributed by atoms with van der Waals surface area (Å²) in [5.41, 5.74) is 1.08. The second kappa shape index (κ2) is 6.19. The molecular weight excluding hydrogens is 268 g/mol. The molecule has 2 aliphatic heterocycles. The summed E-state index contributed by atoms with van der Waals surface area (Å²) in [6.07, 6.45) is 4.39. The van der Waals surface area contributed by atoms with Crippen molar-refractivity contribution in [2.24, 2.45) is 0 Å². The summed E-state index contributed by atoms with van der Waals surface area (Å²) in [6.45, 7) is 4.07. The van der Waals surface area contributed by atoms with Gasteiger partial charge in [-0.25, -0.2) is 0 Å². The SMILES string of the molecule is O=C(Cc1ccc(S)cc1)N1CCN2CCCCC2C1. The summed E-state index contributed by atoms with van der Waals surface area (Å²) in [6, 6.07) is 8.49. The summed E-state index contributed by atoms with van der Waals surface area (Å²) < 4.78 is 0. The van der Waals surface area contributed by atoms with Crippen LogP contribution in [0.2, 0.25) is 0 Å². The van der Waals surface area contributed by atoms with Crippen molar-refractivity contribution in [3.05, 3.63) is 29.8 Å². The van der Waals surface area contributed by atoms with Crippen molar-refractivity contribution in [3.8, 4) is 0 Å². The molecule has 0 spiro atoms. The molecule has 2 heterocycles. The molecule has 3 nitrogen and oxygen atoms in total. The lowest BCUT2D eigenvalue weighted by molar-refractivity contribution is -0.134. The number of carbonyl (C=O) groups excluding carboxylic acids is 1. The Hall–Kier alpha value is -1.00. The van der Waals surface area contributed by atoms with Crippen molar-refractivity contribution in [2.75, 3.05) is 26.2 Å². The van der Waals surface area contributed by atoms with Crippen LogP contribution in [0.1, 0.15) is 24.8 Å². The van der Waals surface area contributed by atoms with Crippen LogP contribution in [0.25, 0.3) is 0 Å². The van der Waals surface area contributed by atoms with E-state index >= 15 is 0 Å². The molecule has 2 aliphatic rings. The van der Waals surface area contributed by atoms with Crippen molar-refractivity contribution in [1.82, 2.24) is 9.80 Å². The number of nitrogens with zero attached hydrogens (tertiary/aromatic N) is 2. The van der Waals surface area contributed by atoms with Gasteiger partial charge in [0.25, 0.3) is 0 Å². The van der Waals surface area contributed by atoms with Crippen molar-refractivity contribution in [2.45, 2.75) is 36.6 Å². The number of carbonyl (C=O) groups is 1. The third kappa shape index (κ3) is 3.18. The molecule has 2 saturated heterocycles. The highest BCUT2D eigenvalue weighted by molar-refractivity contribution is 7.80. The van der Waals surface area contributed by atoms with Gasteiger partial charge in [-0.3, -0.25) is 9.69 Å². The van der Waals surface area contributed by atoms with E-state index in [-0.39, 0.29) is 5.91 Å². The highest BCUT2D eigenvalue weighted by Crippen LogP contribution is 2.21. The van der Waals surface area contributed by atoms with Crippen LogP contribution in [0.5, 0.6) is 0 Å². The molecule has 4 heteroatoms. The van der Waals surface area contributed by atoms with E-state index in [9.17, 15) is 4.79 Å². The third-order valence-electron chi connectivity index (χ3n) is 4.48. The Morgan fingerprint density at radius 2 is 1.95 bits per heavy atom. The smallest absolute Gasteiger partial charge is 0.227 e. The second-order valence-electron chi connectivity index (χ2n) is 5.87. The topological polar surface area (TPSA) is 23.6 Å². The molecule has 108 valence electrons. The number of hydrogen-bond donors (Lipinski definition) is 1. The highest BCUT2D eigenvalue weighted by atomic mass is 32.1. The summed E-state index contributed by atoms with van der Waals surface area (Å²) in [4.78, 5) is 18.0. The fourth-order valence-corrected chi connectivity index (χ4v) is 3.43. The molecule has 1 amide bonds. The van der Waals surface area contributed by atoms with Crippen LogP contribution < -0.4 is 0 Å². The fourth-order valence-electron chi connectivity index (χ4n) is 3.28. The predicted molar refractivity (Wildman–Crippen MR) is 83.2 cm³/mol. The number of amides is 1. The van der Waals surface area contributed by atoms with Gasteiger partial charge in [-0.05, 0) is 37.1 Å². The first-order valence-corrected chi connectivity index (χ1v) is 7.97. The van der Waals surface area contributed by atoms with E-state index in [0.29, 0.717) is 12.5 Å². The van der Waals surface area contributed by atoms with E-state index in [1.54, 1.807) is 0 Å². The number of piperazine rings is 1. The van der Waals surface area contributed by atoms with Gasteiger partial charge in [0.15, 0.2) is 0 Å². The summed E-state index contributed by atoms with van der Waals surface area (Å²) in [7, 11) is 0. The minimum Gasteiger partial charge on any atom is -0.340 e. The Kier molecular flexibility index (Phi) is 4.32. The van der Waals surface area contributed by atoms with E-state index < -0.39 is 0 Å². The van der Waals surface area contributed by atoms with Crippen LogP contribution in [-0.2, 0) is 11.2 Å². The van der Waals surface area contributed by atoms with Crippen LogP contribution in [-0.4, -0.2) is 47.9 Å². The Morgan fingerprint density at radius 3 is 2.75 bits per heavy atom. The normalized spacial score (nSPS) is 23.4. The van der Waals surface area contributed by atoms with Crippen molar-refractivity contribution < 1.29 is 4.79 Å². The maximum absolute atomic E-state index is 12.4. The highest BCUT2D eigenvalue weighted by Gasteiger charge is 2.30. The van der Waals surface area contributed by atoms with E-state index in [1.807, 2.05) is 24.3 Å². The standard InChI is InChI=1S/C16H22N2OS/c19-16(11-13-4-6-15(20)7-5-13)18-10-9-17-8-2-1-3-14(17)12-18/h4-7,14,20H,1-3,8-12H2. The zero-order chi connectivity index (χ0) is 13.9. The van der Waals surface area contributed by atoms with E-state index in [4.69, 9.17) is 0 Å². The molecule has 2 fully saturated rings. The molecule has 0 aliphatic carbocycles. The third-order valence-corrected chi connectivity index (χ3v) is 4.78. The molecule has 1 atom stereocenters. The molecule has 1 aromatic rings. The van der Waals surface area contributed by atoms with Crippen molar-refractivity contribution in [3.63, 3.8) is 0 Å². The van der Waals surface area contributed by atoms with Gasteiger partial charge in [0.05, 0.1) is 6.42 Å². The lowest BCUT2D eigenvalue weighted by Gasteiger charge is -2.44. The summed E-state index contributed by atoms with van der Waals surface area (Å²) in [5, 5.41) is 0. The molecule has 0 radical (unpaired) electrons. The van der Waals surface area contributed by atoms with Crippen LogP contribution in [0.15, 0.2) is 29.2 Å². The minimum absolute atomic E-state index is 0.266. The zero-order valence-electron chi connectivity index (χ0n) is 11.8. The van der Waals surface area contributed by atoms with Crippen LogP contribution >= 0.6 is 12.6 Å². The zero-order valence-corrected chi connectivity index (χ0v) is 12.7. The maximum atomic E-state index is 12.4. The predicted octanol–water partition coefficient (Wildman–Crippen LogP) is 2.21. The Bertz CT molecular complexity index is 474. The van der Waals surface area contributed by atoms with Gasteiger partial charge < -0.3 is 4.90 Å². The largest absolute Gasteiger partial charge is 0.340 e. The lowest BCUT2D eigenvalue weighted by Crippen LogP contribution is -2.56. The van der Waals surface area contributed by atoms with Crippen LogP contribution in [0, 0.1) is 0 Å². The van der Waals surface area contributed by atoms with Crippen LogP contribution in [0.4, 0.5) is 0 Å². The second-order valence-corrected chi connectivity index (χ2v) is 6.38. The van der Waals surface area contributed by atoms with E-state index in [0.717, 1.165) is 30.1 Å². The maximum Gasteiger partial charge on any atom is 0.227 e. The summed E-state index contributed by atoms with van der Waals surface area (Å²) in [5.74, 6) is 0.266. The number of piperidine rings is 1. The minimum atomic E-state index is 0.266. The quantitative estimate of drug-likeness (QED) is 0.844. The molecule has 0 aromatic heterocycles. The average Bonchev–Trinajstić information content (AvgIpc) is 2.49. The molecule has 0 bridgehead atoms. The first-order valence-electron chi connectivity index (χ1n) is 7.52. The molecule has 1 aromatic carbocycles. The van der Waals surface area contributed by atoms with Gasteiger partial charge in [-0.1, -0.05) is 18.6 Å². The Balaban J connectivity index is 1.58. The van der Waals surface area contributed by atoms with Crippen LogP contribution in [0.3, 0.4) is 0 Å². The van der Waals surface area contributed by atoms with Gasteiger partial charge in [0, 0.05) is 30.6 Å². The average molecular weight is 290 g/mol. The first kappa shape index (κ1) is 14.0. The van der Waals surface area contributed by atoms with Gasteiger partial charge >= 0.3 is 0 Å². The fraction of sp³-hybridized carbons (Fsp3) is 0.562. The van der Waals surface area contributed by atoms with Crippen molar-refractivity contribution in [1.29, 1.82) is 0 Å². The Morgan fingerprint density at radius 1 is 1.15 bits per heavy atom. The number of benzene rings is 1. The van der Waals surface area contributed by atoms with E-state index in [2.05, 4.69) is 22.4 Å². The van der Waals surface area contributed by atoms with Crippen molar-refractivity contribution >= 4 is 18.5 Å². The lowest BCUT2D eigenvalue weighted by atomic mass is 9.99. The number of fused-ring (bicyclic) bond motifs is 1. The van der Waals surface area contributed by atoms with Gasteiger partial charge in [0.2, 0.25) is 5.91 Å². The molecule has 20 heavy (non-hydrogen) atoms. The molecule has 1 unspecified atom stereocenters. The van der Waals surface area contributed by atoms with Gasteiger partial charge in [-0.2, -0.15) is 0 Å². The summed E-state index contributed by atoms with van der Waals surface area (Å²) >= 11 is 4.27. The van der Waals surface area contributed by atoms with Gasteiger partial charge in [-0.15, -0.1) is 12.6 Å². The number of hydrogen-bond acceptors (Lipinski definition) is 3. The molecular formula is C16H22N2OS. The molecule has 3 rings (SSSR count). The first-order chi connectivity index (χ1) is 9.72. The number of thiol groups is 1. The molecule has 0 N–H and O–H groups in total. The molecule has 0 saturated carbocycles.